The van der Waals surface area contributed by atoms with Gasteiger partial charge in [-0.3, -0.25) is 14.8 Å². The fourth-order valence-electron chi connectivity index (χ4n) is 2.88. The third-order valence-corrected chi connectivity index (χ3v) is 5.72. The highest BCUT2D eigenvalue weighted by molar-refractivity contribution is 14.0. The largest absolute Gasteiger partial charge is 0.469 e. The van der Waals surface area contributed by atoms with Crippen molar-refractivity contribution in [2.24, 2.45) is 16.8 Å². The van der Waals surface area contributed by atoms with Crippen molar-refractivity contribution in [2.45, 2.75) is 11.8 Å². The van der Waals surface area contributed by atoms with Crippen LogP contribution in [0.1, 0.15) is 6.92 Å². The van der Waals surface area contributed by atoms with Crippen LogP contribution in [0.3, 0.4) is 0 Å². The average molecular weight is 511 g/mol. The molecule has 1 aliphatic rings. The zero-order valence-electron chi connectivity index (χ0n) is 15.6. The van der Waals surface area contributed by atoms with E-state index < -0.39 is 10.0 Å². The molecule has 2 N–H and O–H groups in total. The van der Waals surface area contributed by atoms with Crippen LogP contribution >= 0.6 is 24.0 Å². The third kappa shape index (κ3) is 6.28. The Bertz CT molecular complexity index is 744. The Morgan fingerprint density at radius 2 is 2.15 bits per heavy atom. The normalized spacial score (nSPS) is 20.1. The molecule has 152 valence electrons. The first kappa shape index (κ1) is 23.6. The van der Waals surface area contributed by atoms with E-state index in [2.05, 4.69) is 20.0 Å². The lowest BCUT2D eigenvalue weighted by molar-refractivity contribution is -0.145. The Morgan fingerprint density at radius 3 is 2.74 bits per heavy atom. The molecule has 2 heterocycles. The molecule has 2 rings (SSSR count). The van der Waals surface area contributed by atoms with Crippen LogP contribution < -0.4 is 10.0 Å². The number of carbonyl (C=O) groups is 1. The summed E-state index contributed by atoms with van der Waals surface area (Å²) in [6.45, 7) is 3.76. The average Bonchev–Trinajstić information content (AvgIpc) is 3.03. The quantitative estimate of drug-likeness (QED) is 0.186. The van der Waals surface area contributed by atoms with Crippen molar-refractivity contribution in [3.05, 3.63) is 24.5 Å². The second kappa shape index (κ2) is 10.8. The topological polar surface area (TPSA) is 113 Å². The highest BCUT2D eigenvalue weighted by atomic mass is 127. The Hall–Kier alpha value is -1.47. The fourth-order valence-corrected chi connectivity index (χ4v) is 3.87. The van der Waals surface area contributed by atoms with Crippen LogP contribution in [0, 0.1) is 11.8 Å². The first-order valence-corrected chi connectivity index (χ1v) is 9.80. The van der Waals surface area contributed by atoms with Crippen molar-refractivity contribution in [3.63, 3.8) is 0 Å². The first-order valence-electron chi connectivity index (χ1n) is 8.32. The molecule has 0 radical (unpaired) electrons. The van der Waals surface area contributed by atoms with E-state index in [0.29, 0.717) is 25.6 Å². The number of methoxy groups -OCH3 is 1. The second-order valence-corrected chi connectivity index (χ2v) is 7.84. The smallest absolute Gasteiger partial charge is 0.310 e. The maximum atomic E-state index is 12.1. The van der Waals surface area contributed by atoms with Crippen molar-refractivity contribution in [1.82, 2.24) is 19.9 Å². The Morgan fingerprint density at radius 1 is 1.41 bits per heavy atom. The summed E-state index contributed by atoms with van der Waals surface area (Å²) in [5.41, 5.74) is 0. The second-order valence-electron chi connectivity index (χ2n) is 6.07. The van der Waals surface area contributed by atoms with Gasteiger partial charge in [-0.1, -0.05) is 6.92 Å². The van der Waals surface area contributed by atoms with Crippen molar-refractivity contribution < 1.29 is 17.9 Å². The van der Waals surface area contributed by atoms with E-state index in [4.69, 9.17) is 4.74 Å². The van der Waals surface area contributed by atoms with Gasteiger partial charge >= 0.3 is 5.97 Å². The minimum absolute atomic E-state index is 0. The van der Waals surface area contributed by atoms with E-state index in [9.17, 15) is 13.2 Å². The molecule has 2 atom stereocenters. The molecule has 0 saturated carbocycles. The number of rotatable bonds is 6. The standard InChI is InChI=1S/C16H25N5O4S.HI/c1-12-10-21(11-14(12)15(22)25-3)16(17-2)19-7-8-20-26(23,24)13-5-4-6-18-9-13;/h4-6,9,12,14,20H,7-8,10-11H2,1-3H3,(H,17,19);1H. The summed E-state index contributed by atoms with van der Waals surface area (Å²) in [4.78, 5) is 21.9. The number of halogens is 1. The zero-order valence-corrected chi connectivity index (χ0v) is 18.7. The lowest BCUT2D eigenvalue weighted by Gasteiger charge is -2.21. The van der Waals surface area contributed by atoms with Gasteiger partial charge in [0, 0.05) is 45.6 Å². The number of pyridine rings is 1. The van der Waals surface area contributed by atoms with Crippen LogP contribution in [-0.2, 0) is 19.6 Å². The molecule has 0 bridgehead atoms. The highest BCUT2D eigenvalue weighted by Gasteiger charge is 2.36. The molecular weight excluding hydrogens is 485 g/mol. The lowest BCUT2D eigenvalue weighted by Crippen LogP contribution is -2.43. The summed E-state index contributed by atoms with van der Waals surface area (Å²) >= 11 is 0. The van der Waals surface area contributed by atoms with Crippen molar-refractivity contribution in [3.8, 4) is 0 Å². The number of hydrogen-bond donors (Lipinski definition) is 2. The van der Waals surface area contributed by atoms with E-state index in [1.807, 2.05) is 11.8 Å². The lowest BCUT2D eigenvalue weighted by atomic mass is 9.99. The van der Waals surface area contributed by atoms with Crippen molar-refractivity contribution in [2.75, 3.05) is 40.3 Å². The molecule has 0 spiro atoms. The number of guanidine groups is 1. The molecule has 0 amide bonds. The number of aliphatic imine (C=N–C) groups is 1. The molecule has 1 fully saturated rings. The number of sulfonamides is 1. The van der Waals surface area contributed by atoms with Gasteiger partial charge in [0.15, 0.2) is 5.96 Å². The number of nitrogens with one attached hydrogen (secondary N) is 2. The van der Waals surface area contributed by atoms with Crippen LogP contribution in [0.2, 0.25) is 0 Å². The van der Waals surface area contributed by atoms with E-state index in [1.165, 1.54) is 25.6 Å². The van der Waals surface area contributed by atoms with Gasteiger partial charge in [-0.25, -0.2) is 13.1 Å². The minimum atomic E-state index is -3.58. The number of hydrogen-bond acceptors (Lipinski definition) is 6. The summed E-state index contributed by atoms with van der Waals surface area (Å²) in [5.74, 6) is 0.372. The zero-order chi connectivity index (χ0) is 19.2. The third-order valence-electron chi connectivity index (χ3n) is 4.27. The van der Waals surface area contributed by atoms with Gasteiger partial charge < -0.3 is 15.0 Å². The van der Waals surface area contributed by atoms with E-state index in [-0.39, 0.29) is 53.2 Å². The van der Waals surface area contributed by atoms with Crippen LogP contribution in [0.25, 0.3) is 0 Å². The van der Waals surface area contributed by atoms with Crippen LogP contribution in [0.15, 0.2) is 34.4 Å². The van der Waals surface area contributed by atoms with Gasteiger partial charge in [0.2, 0.25) is 10.0 Å². The highest BCUT2D eigenvalue weighted by Crippen LogP contribution is 2.23. The molecule has 0 aliphatic carbocycles. The monoisotopic (exact) mass is 511 g/mol. The maximum absolute atomic E-state index is 12.1. The Kier molecular flexibility index (Phi) is 9.39. The van der Waals surface area contributed by atoms with E-state index in [0.717, 1.165) is 0 Å². The summed E-state index contributed by atoms with van der Waals surface area (Å²) in [6, 6.07) is 3.06. The molecule has 27 heavy (non-hydrogen) atoms. The number of likely N-dealkylation sites (tertiary alicyclic amines) is 1. The number of ether oxygens (including phenoxy) is 1. The number of aromatic nitrogens is 1. The molecule has 1 aromatic rings. The van der Waals surface area contributed by atoms with Gasteiger partial charge in [-0.2, -0.15) is 0 Å². The molecule has 1 aromatic heterocycles. The van der Waals surface area contributed by atoms with Gasteiger partial charge in [0.05, 0.1) is 13.0 Å². The number of carbonyl (C=O) groups excluding carboxylic acids is 1. The summed E-state index contributed by atoms with van der Waals surface area (Å²) in [6.07, 6.45) is 2.82. The van der Waals surface area contributed by atoms with Crippen LogP contribution in [-0.4, -0.2) is 70.6 Å². The Balaban J connectivity index is 0.00000364. The van der Waals surface area contributed by atoms with E-state index in [1.54, 1.807) is 13.1 Å². The minimum Gasteiger partial charge on any atom is -0.469 e. The number of esters is 1. The van der Waals surface area contributed by atoms with Gasteiger partial charge in [0.1, 0.15) is 4.90 Å². The van der Waals surface area contributed by atoms with Crippen molar-refractivity contribution in [1.29, 1.82) is 0 Å². The first-order chi connectivity index (χ1) is 12.4. The predicted molar refractivity (Wildman–Crippen MR) is 112 cm³/mol. The Labute approximate surface area is 177 Å². The maximum Gasteiger partial charge on any atom is 0.310 e. The van der Waals surface area contributed by atoms with Gasteiger partial charge in [0.25, 0.3) is 0 Å². The SMILES string of the molecule is CN=C(NCCNS(=O)(=O)c1cccnc1)N1CC(C)C(C(=O)OC)C1.I. The van der Waals surface area contributed by atoms with Crippen LogP contribution in [0.4, 0.5) is 0 Å². The van der Waals surface area contributed by atoms with Gasteiger partial charge in [-0.05, 0) is 18.1 Å². The summed E-state index contributed by atoms with van der Waals surface area (Å²) < 4.78 is 31.6. The molecule has 11 heteroatoms. The van der Waals surface area contributed by atoms with Crippen LogP contribution in [0.5, 0.6) is 0 Å². The van der Waals surface area contributed by atoms with Gasteiger partial charge in [-0.15, -0.1) is 24.0 Å². The molecule has 1 aliphatic heterocycles. The predicted octanol–water partition coefficient (Wildman–Crippen LogP) is 0.294. The molecular formula is C16H26IN5O4S. The summed E-state index contributed by atoms with van der Waals surface area (Å²) in [7, 11) is -0.544. The van der Waals surface area contributed by atoms with Crippen molar-refractivity contribution >= 4 is 45.9 Å². The molecule has 1 saturated heterocycles. The molecule has 2 unspecified atom stereocenters. The molecule has 9 nitrogen and oxygen atoms in total. The fraction of sp³-hybridized carbons (Fsp3) is 0.562. The molecule has 0 aromatic carbocycles. The summed E-state index contributed by atoms with van der Waals surface area (Å²) in [5, 5.41) is 3.11. The van der Waals surface area contributed by atoms with E-state index >= 15 is 0 Å². The number of nitrogens with zero attached hydrogens (tertiary/aromatic N) is 3.